The molecule has 0 aromatic heterocycles. The maximum Gasteiger partial charge on any atom is 0.243 e. The van der Waals surface area contributed by atoms with Crippen LogP contribution in [-0.4, -0.2) is 25.3 Å². The molecule has 0 bridgehead atoms. The van der Waals surface area contributed by atoms with Crippen LogP contribution >= 0.6 is 0 Å². The van der Waals surface area contributed by atoms with Gasteiger partial charge in [0, 0.05) is 12.6 Å². The zero-order valence-corrected chi connectivity index (χ0v) is 11.7. The lowest BCUT2D eigenvalue weighted by Gasteiger charge is -2.06. The molecule has 2 unspecified atom stereocenters. The number of hydrogen-bond acceptors (Lipinski definition) is 2. The highest BCUT2D eigenvalue weighted by Crippen LogP contribution is 2.31. The summed E-state index contributed by atoms with van der Waals surface area (Å²) in [4.78, 5) is 0.404. The van der Waals surface area contributed by atoms with Gasteiger partial charge in [0.25, 0.3) is 0 Å². The SMILES string of the molecule is CC=CCCC1CN1S(=O)(=O)c1ccc(C)cc1. The second-order valence-corrected chi connectivity index (χ2v) is 6.58. The summed E-state index contributed by atoms with van der Waals surface area (Å²) >= 11 is 0. The molecule has 0 amide bonds. The largest absolute Gasteiger partial charge is 0.243 e. The third-order valence-electron chi connectivity index (χ3n) is 3.19. The molecule has 2 rings (SSSR count). The molecular formula is C14H19NO2S. The van der Waals surface area contributed by atoms with Gasteiger partial charge in [0.05, 0.1) is 4.90 Å². The third-order valence-corrected chi connectivity index (χ3v) is 5.13. The van der Waals surface area contributed by atoms with E-state index in [4.69, 9.17) is 0 Å². The van der Waals surface area contributed by atoms with Crippen molar-refractivity contribution in [3.8, 4) is 0 Å². The van der Waals surface area contributed by atoms with E-state index in [9.17, 15) is 8.42 Å². The lowest BCUT2D eigenvalue weighted by atomic mass is 10.2. The van der Waals surface area contributed by atoms with Crippen molar-refractivity contribution in [2.45, 2.75) is 37.6 Å². The number of sulfonamides is 1. The molecule has 2 atom stereocenters. The van der Waals surface area contributed by atoms with Crippen molar-refractivity contribution in [1.82, 2.24) is 4.31 Å². The van der Waals surface area contributed by atoms with Crippen LogP contribution in [0.3, 0.4) is 0 Å². The minimum absolute atomic E-state index is 0.188. The van der Waals surface area contributed by atoms with Gasteiger partial charge in [0.1, 0.15) is 0 Å². The highest BCUT2D eigenvalue weighted by molar-refractivity contribution is 7.89. The minimum atomic E-state index is -3.26. The molecule has 1 aliphatic rings. The van der Waals surface area contributed by atoms with Gasteiger partial charge in [-0.1, -0.05) is 29.8 Å². The third kappa shape index (κ3) is 2.82. The van der Waals surface area contributed by atoms with Crippen LogP contribution in [0.15, 0.2) is 41.3 Å². The van der Waals surface area contributed by atoms with Crippen molar-refractivity contribution in [2.24, 2.45) is 0 Å². The summed E-state index contributed by atoms with van der Waals surface area (Å²) in [5.74, 6) is 0. The van der Waals surface area contributed by atoms with Gasteiger partial charge in [-0.15, -0.1) is 0 Å². The first-order valence-electron chi connectivity index (χ1n) is 6.25. The Bertz CT molecular complexity index is 531. The summed E-state index contributed by atoms with van der Waals surface area (Å²) in [6, 6.07) is 7.24. The molecular weight excluding hydrogens is 246 g/mol. The number of aryl methyl sites for hydroxylation is 1. The smallest absolute Gasteiger partial charge is 0.207 e. The first kappa shape index (κ1) is 13.3. The van der Waals surface area contributed by atoms with Gasteiger partial charge in [0.15, 0.2) is 0 Å². The van der Waals surface area contributed by atoms with E-state index in [1.54, 1.807) is 16.4 Å². The van der Waals surface area contributed by atoms with Crippen molar-refractivity contribution in [1.29, 1.82) is 0 Å². The highest BCUT2D eigenvalue weighted by atomic mass is 32.2. The van der Waals surface area contributed by atoms with Gasteiger partial charge in [-0.3, -0.25) is 0 Å². The maximum atomic E-state index is 12.3. The Hall–Kier alpha value is -1.13. The average molecular weight is 265 g/mol. The lowest BCUT2D eigenvalue weighted by Crippen LogP contribution is -2.14. The fourth-order valence-corrected chi connectivity index (χ4v) is 3.61. The fourth-order valence-electron chi connectivity index (χ4n) is 1.99. The number of benzene rings is 1. The Labute approximate surface area is 109 Å². The van der Waals surface area contributed by atoms with E-state index in [-0.39, 0.29) is 6.04 Å². The van der Waals surface area contributed by atoms with Gasteiger partial charge < -0.3 is 0 Å². The molecule has 0 spiro atoms. The monoisotopic (exact) mass is 265 g/mol. The van der Waals surface area contributed by atoms with Gasteiger partial charge in [-0.25, -0.2) is 8.42 Å². The first-order valence-corrected chi connectivity index (χ1v) is 7.69. The Balaban J connectivity index is 2.03. The molecule has 1 heterocycles. The van der Waals surface area contributed by atoms with Crippen LogP contribution in [0.4, 0.5) is 0 Å². The molecule has 0 N–H and O–H groups in total. The molecule has 1 aromatic rings. The number of nitrogens with zero attached hydrogens (tertiary/aromatic N) is 1. The Morgan fingerprint density at radius 2 is 2.00 bits per heavy atom. The fraction of sp³-hybridized carbons (Fsp3) is 0.429. The second kappa shape index (κ2) is 5.24. The number of hydrogen-bond donors (Lipinski definition) is 0. The summed E-state index contributed by atoms with van der Waals surface area (Å²) in [6.45, 7) is 4.59. The highest BCUT2D eigenvalue weighted by Gasteiger charge is 2.43. The van der Waals surface area contributed by atoms with E-state index >= 15 is 0 Å². The van der Waals surface area contributed by atoms with E-state index in [0.717, 1.165) is 18.4 Å². The molecule has 18 heavy (non-hydrogen) atoms. The van der Waals surface area contributed by atoms with Gasteiger partial charge in [-0.2, -0.15) is 4.31 Å². The predicted molar refractivity (Wildman–Crippen MR) is 72.9 cm³/mol. The van der Waals surface area contributed by atoms with Crippen LogP contribution in [-0.2, 0) is 10.0 Å². The Kier molecular flexibility index (Phi) is 3.88. The first-order chi connectivity index (χ1) is 8.55. The summed E-state index contributed by atoms with van der Waals surface area (Å²) < 4.78 is 26.1. The molecule has 1 fully saturated rings. The van der Waals surface area contributed by atoms with Crippen molar-refractivity contribution in [3.05, 3.63) is 42.0 Å². The maximum absolute atomic E-state index is 12.3. The van der Waals surface area contributed by atoms with Crippen molar-refractivity contribution >= 4 is 10.0 Å². The molecule has 0 aliphatic carbocycles. The minimum Gasteiger partial charge on any atom is -0.207 e. The van der Waals surface area contributed by atoms with Gasteiger partial charge >= 0.3 is 0 Å². The zero-order chi connectivity index (χ0) is 13.2. The lowest BCUT2D eigenvalue weighted by molar-refractivity contribution is 0.548. The van der Waals surface area contributed by atoms with Crippen LogP contribution in [0, 0.1) is 6.92 Å². The standard InChI is InChI=1S/C14H19NO2S/c1-3-4-5-6-13-11-15(13)18(16,17)14-9-7-12(2)8-10-14/h3-4,7-10,13H,5-6,11H2,1-2H3. The second-order valence-electron chi connectivity index (χ2n) is 4.69. The van der Waals surface area contributed by atoms with E-state index in [0.29, 0.717) is 11.4 Å². The predicted octanol–water partition coefficient (Wildman–Crippen LogP) is 2.72. The normalized spacial score (nSPS) is 23.4. The summed E-state index contributed by atoms with van der Waals surface area (Å²) in [7, 11) is -3.26. The van der Waals surface area contributed by atoms with E-state index in [1.165, 1.54) is 0 Å². The summed E-state index contributed by atoms with van der Waals surface area (Å²) in [5.41, 5.74) is 1.07. The molecule has 1 aromatic carbocycles. The molecule has 3 nitrogen and oxygen atoms in total. The number of rotatable bonds is 5. The van der Waals surface area contributed by atoms with Crippen molar-refractivity contribution < 1.29 is 8.42 Å². The van der Waals surface area contributed by atoms with Crippen molar-refractivity contribution in [3.63, 3.8) is 0 Å². The number of allylic oxidation sites excluding steroid dienone is 2. The summed E-state index contributed by atoms with van der Waals surface area (Å²) in [6.07, 6.45) is 5.94. The van der Waals surface area contributed by atoms with E-state index in [2.05, 4.69) is 6.08 Å². The van der Waals surface area contributed by atoms with Crippen molar-refractivity contribution in [2.75, 3.05) is 6.54 Å². The van der Waals surface area contributed by atoms with Crippen LogP contribution in [0.1, 0.15) is 25.3 Å². The van der Waals surface area contributed by atoms with Crippen LogP contribution in [0.5, 0.6) is 0 Å². The van der Waals surface area contributed by atoms with E-state index < -0.39 is 10.0 Å². The Morgan fingerprint density at radius 1 is 1.33 bits per heavy atom. The van der Waals surface area contributed by atoms with Gasteiger partial charge in [-0.05, 0) is 38.8 Å². The molecule has 1 saturated heterocycles. The van der Waals surface area contributed by atoms with Crippen LogP contribution in [0.2, 0.25) is 0 Å². The molecule has 1 aliphatic heterocycles. The van der Waals surface area contributed by atoms with Gasteiger partial charge in [0.2, 0.25) is 10.0 Å². The zero-order valence-electron chi connectivity index (χ0n) is 10.8. The average Bonchev–Trinajstić information content (AvgIpc) is 3.10. The Morgan fingerprint density at radius 3 is 2.61 bits per heavy atom. The van der Waals surface area contributed by atoms with E-state index in [1.807, 2.05) is 32.1 Å². The van der Waals surface area contributed by atoms with Crippen LogP contribution in [0.25, 0.3) is 0 Å². The van der Waals surface area contributed by atoms with Crippen LogP contribution < -0.4 is 0 Å². The summed E-state index contributed by atoms with van der Waals surface area (Å²) in [5, 5.41) is 0. The molecule has 0 radical (unpaired) electrons. The molecule has 98 valence electrons. The topological polar surface area (TPSA) is 37.1 Å². The molecule has 4 heteroatoms. The quantitative estimate of drug-likeness (QED) is 0.606. The molecule has 0 saturated carbocycles.